The second-order valence-electron chi connectivity index (χ2n) is 8.92. The first-order chi connectivity index (χ1) is 16.5. The number of ether oxygens (including phenoxy) is 3. The smallest absolute Gasteiger partial charge is 0.311 e. The molecule has 1 unspecified atom stereocenters. The minimum absolute atomic E-state index is 0.0136. The van der Waals surface area contributed by atoms with Crippen molar-refractivity contribution in [3.63, 3.8) is 0 Å². The number of carbonyl (C=O) groups excluding carboxylic acids is 2. The molecule has 0 saturated heterocycles. The molecule has 35 heavy (non-hydrogen) atoms. The molecule has 0 bridgehead atoms. The number of nitrogens with zero attached hydrogens (tertiary/aromatic N) is 3. The number of carbonyl (C=O) groups is 2. The number of hydrogen-bond donors (Lipinski definition) is 0. The fraction of sp³-hybridized carbons (Fsp3) is 0.440. The number of esters is 2. The maximum absolute atomic E-state index is 12.6. The molecule has 188 valence electrons. The molecule has 2 rings (SSSR count). The number of azo groups is 1. The normalized spacial score (nSPS) is 13.2. The van der Waals surface area contributed by atoms with E-state index >= 15 is 0 Å². The number of non-ortho nitro benzene ring substituents is 1. The molecule has 0 saturated carbocycles. The molecule has 10 heteroatoms. The van der Waals surface area contributed by atoms with Gasteiger partial charge in [-0.2, -0.15) is 10.2 Å². The molecule has 0 aromatic heterocycles. The van der Waals surface area contributed by atoms with E-state index in [0.717, 1.165) is 0 Å². The summed E-state index contributed by atoms with van der Waals surface area (Å²) in [7, 11) is 1.34. The van der Waals surface area contributed by atoms with Crippen molar-refractivity contribution in [2.24, 2.45) is 21.1 Å². The number of nitro benzene ring substituents is 1. The van der Waals surface area contributed by atoms with E-state index in [0.29, 0.717) is 30.0 Å². The van der Waals surface area contributed by atoms with Crippen molar-refractivity contribution in [2.45, 2.75) is 40.5 Å². The molecule has 0 aliphatic rings. The molecule has 0 amide bonds. The summed E-state index contributed by atoms with van der Waals surface area (Å²) in [5.41, 5.74) is -0.582. The van der Waals surface area contributed by atoms with Crippen molar-refractivity contribution in [3.8, 4) is 5.75 Å². The fourth-order valence-electron chi connectivity index (χ4n) is 3.49. The van der Waals surface area contributed by atoms with Gasteiger partial charge in [0.15, 0.2) is 0 Å². The Morgan fingerprint density at radius 1 is 0.914 bits per heavy atom. The van der Waals surface area contributed by atoms with Gasteiger partial charge in [0.2, 0.25) is 0 Å². The average Bonchev–Trinajstić information content (AvgIpc) is 2.85. The van der Waals surface area contributed by atoms with Gasteiger partial charge >= 0.3 is 11.9 Å². The summed E-state index contributed by atoms with van der Waals surface area (Å²) in [6.07, 6.45) is 0.849. The zero-order chi connectivity index (χ0) is 26.1. The lowest BCUT2D eigenvalue weighted by atomic mass is 9.72. The highest BCUT2D eigenvalue weighted by Crippen LogP contribution is 2.38. The molecule has 0 aliphatic heterocycles. The predicted octanol–water partition coefficient (Wildman–Crippen LogP) is 5.94. The van der Waals surface area contributed by atoms with Crippen molar-refractivity contribution in [2.75, 3.05) is 20.3 Å². The first kappa shape index (κ1) is 27.4. The maximum Gasteiger partial charge on any atom is 0.311 e. The van der Waals surface area contributed by atoms with Gasteiger partial charge in [-0.05, 0) is 70.0 Å². The number of nitro groups is 1. The Kier molecular flexibility index (Phi) is 9.44. The highest BCUT2D eigenvalue weighted by molar-refractivity contribution is 5.80. The number of benzene rings is 2. The molecule has 0 spiro atoms. The lowest BCUT2D eigenvalue weighted by Crippen LogP contribution is -2.38. The van der Waals surface area contributed by atoms with Crippen LogP contribution in [0.3, 0.4) is 0 Å². The molecule has 2 aromatic carbocycles. The Balaban J connectivity index is 1.82. The van der Waals surface area contributed by atoms with Crippen molar-refractivity contribution in [1.29, 1.82) is 0 Å². The van der Waals surface area contributed by atoms with Crippen LogP contribution < -0.4 is 4.74 Å². The van der Waals surface area contributed by atoms with Crippen LogP contribution in [0.5, 0.6) is 5.75 Å². The summed E-state index contributed by atoms with van der Waals surface area (Å²) in [5, 5.41) is 18.8. The summed E-state index contributed by atoms with van der Waals surface area (Å²) >= 11 is 0. The summed E-state index contributed by atoms with van der Waals surface area (Å²) in [4.78, 5) is 34.9. The van der Waals surface area contributed by atoms with E-state index in [9.17, 15) is 19.7 Å². The summed E-state index contributed by atoms with van der Waals surface area (Å²) in [5.74, 6) is -0.189. The number of methoxy groups -OCH3 is 1. The monoisotopic (exact) mass is 485 g/mol. The zero-order valence-corrected chi connectivity index (χ0v) is 20.6. The van der Waals surface area contributed by atoms with Gasteiger partial charge < -0.3 is 14.2 Å². The Morgan fingerprint density at radius 2 is 1.46 bits per heavy atom. The molecule has 0 fully saturated rings. The third-order valence-electron chi connectivity index (χ3n) is 5.61. The molecule has 0 aliphatic carbocycles. The third-order valence-corrected chi connectivity index (χ3v) is 5.61. The van der Waals surface area contributed by atoms with Crippen LogP contribution in [-0.4, -0.2) is 37.2 Å². The molecule has 0 heterocycles. The van der Waals surface area contributed by atoms with E-state index in [4.69, 9.17) is 14.2 Å². The minimum atomic E-state index is -0.866. The lowest BCUT2D eigenvalue weighted by Gasteiger charge is -2.33. The van der Waals surface area contributed by atoms with Crippen LogP contribution in [-0.2, 0) is 19.1 Å². The van der Waals surface area contributed by atoms with Crippen LogP contribution in [0.15, 0.2) is 58.8 Å². The van der Waals surface area contributed by atoms with E-state index in [2.05, 4.69) is 10.2 Å². The van der Waals surface area contributed by atoms with E-state index in [-0.39, 0.29) is 24.9 Å². The maximum atomic E-state index is 12.6. The topological polar surface area (TPSA) is 130 Å². The van der Waals surface area contributed by atoms with Gasteiger partial charge in [0.05, 0.1) is 34.2 Å². The van der Waals surface area contributed by atoms with Crippen LogP contribution >= 0.6 is 0 Å². The largest absolute Gasteiger partial charge is 0.490 e. The van der Waals surface area contributed by atoms with Gasteiger partial charge in [0.25, 0.3) is 5.69 Å². The average molecular weight is 486 g/mol. The van der Waals surface area contributed by atoms with Gasteiger partial charge in [-0.25, -0.2) is 0 Å². The Labute approximate surface area is 204 Å². The molecular weight excluding hydrogens is 454 g/mol. The SMILES string of the molecule is CCC(C)(CC(C)(C)C(=O)OCCOc1ccc(N=Nc2ccc([N+](=O)[O-])cc2)cc1)C(=O)OC. The highest BCUT2D eigenvalue weighted by Gasteiger charge is 2.42. The second-order valence-corrected chi connectivity index (χ2v) is 8.92. The summed E-state index contributed by atoms with van der Waals surface area (Å²) in [6, 6.07) is 12.6. The Hall–Kier alpha value is -3.82. The van der Waals surface area contributed by atoms with E-state index in [1.807, 2.05) is 6.92 Å². The number of rotatable bonds is 12. The fourth-order valence-corrected chi connectivity index (χ4v) is 3.49. The van der Waals surface area contributed by atoms with Crippen LogP contribution in [0, 0.1) is 20.9 Å². The predicted molar refractivity (Wildman–Crippen MR) is 129 cm³/mol. The van der Waals surface area contributed by atoms with Gasteiger partial charge in [0, 0.05) is 12.1 Å². The first-order valence-electron chi connectivity index (χ1n) is 11.2. The lowest BCUT2D eigenvalue weighted by molar-refractivity contribution is -0.384. The molecule has 10 nitrogen and oxygen atoms in total. The molecule has 0 N–H and O–H groups in total. The molecular formula is C25H31N3O7. The minimum Gasteiger partial charge on any atom is -0.490 e. The Bertz CT molecular complexity index is 1050. The van der Waals surface area contributed by atoms with Crippen molar-refractivity contribution < 1.29 is 28.7 Å². The standard InChI is InChI=1S/C25H31N3O7/c1-6-25(4,23(30)33-5)17-24(2,3)22(29)35-16-15-34-21-13-9-19(10-14-21)27-26-18-7-11-20(12-8-18)28(31)32/h7-14H,6,15-17H2,1-5H3. The molecule has 0 radical (unpaired) electrons. The quantitative estimate of drug-likeness (QED) is 0.120. The first-order valence-corrected chi connectivity index (χ1v) is 11.2. The van der Waals surface area contributed by atoms with Crippen LogP contribution in [0.2, 0.25) is 0 Å². The summed E-state index contributed by atoms with van der Waals surface area (Å²) in [6.45, 7) is 7.38. The van der Waals surface area contributed by atoms with Gasteiger partial charge in [-0.3, -0.25) is 19.7 Å². The van der Waals surface area contributed by atoms with Gasteiger partial charge in [-0.1, -0.05) is 6.92 Å². The number of hydrogen-bond acceptors (Lipinski definition) is 9. The van der Waals surface area contributed by atoms with E-state index in [1.54, 1.807) is 45.0 Å². The zero-order valence-electron chi connectivity index (χ0n) is 20.6. The van der Waals surface area contributed by atoms with E-state index in [1.165, 1.54) is 31.4 Å². The van der Waals surface area contributed by atoms with Crippen molar-refractivity contribution in [3.05, 3.63) is 58.6 Å². The summed E-state index contributed by atoms with van der Waals surface area (Å²) < 4.78 is 15.9. The highest BCUT2D eigenvalue weighted by atomic mass is 16.6. The van der Waals surface area contributed by atoms with Crippen LogP contribution in [0.4, 0.5) is 17.1 Å². The van der Waals surface area contributed by atoms with Crippen LogP contribution in [0.25, 0.3) is 0 Å². The Morgan fingerprint density at radius 3 is 1.94 bits per heavy atom. The van der Waals surface area contributed by atoms with Crippen molar-refractivity contribution >= 4 is 29.0 Å². The van der Waals surface area contributed by atoms with Crippen LogP contribution in [0.1, 0.15) is 40.5 Å². The molecule has 2 aromatic rings. The molecule has 1 atom stereocenters. The van der Waals surface area contributed by atoms with Crippen molar-refractivity contribution in [1.82, 2.24) is 0 Å². The second kappa shape index (κ2) is 12.0. The van der Waals surface area contributed by atoms with Gasteiger partial charge in [-0.15, -0.1) is 0 Å². The third kappa shape index (κ3) is 7.87. The van der Waals surface area contributed by atoms with Gasteiger partial charge in [0.1, 0.15) is 19.0 Å². The van der Waals surface area contributed by atoms with E-state index < -0.39 is 21.7 Å².